The summed E-state index contributed by atoms with van der Waals surface area (Å²) in [4.78, 5) is 0. The maximum Gasteiger partial charge on any atom is 0.161 e. The van der Waals surface area contributed by atoms with Crippen molar-refractivity contribution in [2.75, 3.05) is 27.9 Å². The molecule has 0 saturated carbocycles. The lowest BCUT2D eigenvalue weighted by Crippen LogP contribution is -2.18. The molecule has 1 heterocycles. The number of halogens is 1. The van der Waals surface area contributed by atoms with Crippen LogP contribution in [0, 0.1) is 0 Å². The van der Waals surface area contributed by atoms with Gasteiger partial charge in [0.25, 0.3) is 0 Å². The van der Waals surface area contributed by atoms with Crippen molar-refractivity contribution in [2.24, 2.45) is 0 Å². The predicted molar refractivity (Wildman–Crippen MR) is 96.3 cm³/mol. The average molecular weight is 393 g/mol. The Morgan fingerprint density at radius 1 is 1.04 bits per heavy atom. The molecule has 3 rings (SSSR count). The molecule has 1 atom stereocenters. The van der Waals surface area contributed by atoms with Crippen LogP contribution in [0.15, 0.2) is 34.8 Å². The number of benzene rings is 2. The minimum atomic E-state index is -0.0167. The normalized spacial score (nSPS) is 16.4. The van der Waals surface area contributed by atoms with Crippen molar-refractivity contribution in [2.45, 2.75) is 18.9 Å². The summed E-state index contributed by atoms with van der Waals surface area (Å²) in [5.41, 5.74) is 3.57. The van der Waals surface area contributed by atoms with Crippen LogP contribution in [0.4, 0.5) is 0 Å². The van der Waals surface area contributed by atoms with Crippen molar-refractivity contribution < 1.29 is 18.9 Å². The molecule has 0 N–H and O–H groups in total. The Morgan fingerprint density at radius 3 is 2.50 bits per heavy atom. The van der Waals surface area contributed by atoms with Crippen LogP contribution in [0.1, 0.15) is 22.8 Å². The van der Waals surface area contributed by atoms with Gasteiger partial charge in [0.05, 0.1) is 34.0 Å². The molecular weight excluding hydrogens is 372 g/mol. The minimum absolute atomic E-state index is 0.0167. The Labute approximate surface area is 150 Å². The fourth-order valence-corrected chi connectivity index (χ4v) is 3.47. The van der Waals surface area contributed by atoms with Crippen molar-refractivity contribution in [1.82, 2.24) is 0 Å². The number of fused-ring (bicyclic) bond motifs is 1. The highest BCUT2D eigenvalue weighted by Gasteiger charge is 2.24. The SMILES string of the molecule is COc1ccc(Br)c(C[C@H]2OCCc3cc(OC)c(OC)cc32)c1. The first-order valence-corrected chi connectivity index (χ1v) is 8.64. The molecule has 2 aromatic rings. The number of rotatable bonds is 5. The molecule has 2 aromatic carbocycles. The van der Waals surface area contributed by atoms with Gasteiger partial charge in [0.15, 0.2) is 11.5 Å². The highest BCUT2D eigenvalue weighted by Crippen LogP contribution is 2.39. The van der Waals surface area contributed by atoms with Gasteiger partial charge < -0.3 is 18.9 Å². The molecule has 0 bridgehead atoms. The molecule has 1 aliphatic rings. The Hall–Kier alpha value is -1.72. The summed E-state index contributed by atoms with van der Waals surface area (Å²) < 4.78 is 23.3. The molecular formula is C19H21BrO4. The molecule has 24 heavy (non-hydrogen) atoms. The monoisotopic (exact) mass is 392 g/mol. The summed E-state index contributed by atoms with van der Waals surface area (Å²) in [7, 11) is 4.99. The zero-order valence-electron chi connectivity index (χ0n) is 14.1. The number of methoxy groups -OCH3 is 3. The van der Waals surface area contributed by atoms with Gasteiger partial charge in [-0.05, 0) is 53.4 Å². The first kappa shape index (κ1) is 17.1. The first-order chi connectivity index (χ1) is 11.7. The van der Waals surface area contributed by atoms with Crippen LogP contribution in [0.2, 0.25) is 0 Å². The molecule has 5 heteroatoms. The lowest BCUT2D eigenvalue weighted by Gasteiger charge is -2.28. The highest BCUT2D eigenvalue weighted by molar-refractivity contribution is 9.10. The van der Waals surface area contributed by atoms with E-state index in [4.69, 9.17) is 18.9 Å². The number of hydrogen-bond acceptors (Lipinski definition) is 4. The van der Waals surface area contributed by atoms with E-state index in [-0.39, 0.29) is 6.10 Å². The third-order valence-electron chi connectivity index (χ3n) is 4.34. The fraction of sp³-hybridized carbons (Fsp3) is 0.368. The number of ether oxygens (including phenoxy) is 4. The molecule has 0 amide bonds. The zero-order chi connectivity index (χ0) is 17.1. The summed E-state index contributed by atoms with van der Waals surface area (Å²) >= 11 is 3.62. The van der Waals surface area contributed by atoms with E-state index in [1.807, 2.05) is 24.3 Å². The molecule has 4 nitrogen and oxygen atoms in total. The van der Waals surface area contributed by atoms with Crippen molar-refractivity contribution in [3.63, 3.8) is 0 Å². The maximum absolute atomic E-state index is 6.05. The number of hydrogen-bond donors (Lipinski definition) is 0. The van der Waals surface area contributed by atoms with Gasteiger partial charge in [0, 0.05) is 10.9 Å². The average Bonchev–Trinajstić information content (AvgIpc) is 2.62. The van der Waals surface area contributed by atoms with Crippen molar-refractivity contribution in [1.29, 1.82) is 0 Å². The van der Waals surface area contributed by atoms with Gasteiger partial charge in [-0.25, -0.2) is 0 Å². The fourth-order valence-electron chi connectivity index (χ4n) is 3.06. The van der Waals surface area contributed by atoms with Gasteiger partial charge in [0.2, 0.25) is 0 Å². The molecule has 0 aliphatic carbocycles. The lowest BCUT2D eigenvalue weighted by molar-refractivity contribution is 0.0423. The minimum Gasteiger partial charge on any atom is -0.497 e. The van der Waals surface area contributed by atoms with Gasteiger partial charge in [-0.2, -0.15) is 0 Å². The molecule has 0 radical (unpaired) electrons. The maximum atomic E-state index is 6.05. The third-order valence-corrected chi connectivity index (χ3v) is 5.11. The van der Waals surface area contributed by atoms with Gasteiger partial charge >= 0.3 is 0 Å². The molecule has 1 aliphatic heterocycles. The van der Waals surface area contributed by atoms with Crippen LogP contribution in [0.3, 0.4) is 0 Å². The summed E-state index contributed by atoms with van der Waals surface area (Å²) in [5.74, 6) is 2.34. The molecule has 0 saturated heterocycles. The van der Waals surface area contributed by atoms with Crippen LogP contribution < -0.4 is 14.2 Å². The van der Waals surface area contributed by atoms with E-state index in [9.17, 15) is 0 Å². The third kappa shape index (κ3) is 3.37. The molecule has 0 fully saturated rings. The highest BCUT2D eigenvalue weighted by atomic mass is 79.9. The van der Waals surface area contributed by atoms with E-state index in [1.165, 1.54) is 5.56 Å². The first-order valence-electron chi connectivity index (χ1n) is 7.85. The van der Waals surface area contributed by atoms with Crippen LogP contribution in [-0.2, 0) is 17.6 Å². The standard InChI is InChI=1S/C19H21BrO4/c1-21-14-4-5-16(20)13(8-14)10-17-15-11-19(23-3)18(22-2)9-12(15)6-7-24-17/h4-5,8-9,11,17H,6-7,10H2,1-3H3/t17-/m1/s1. The smallest absolute Gasteiger partial charge is 0.161 e. The molecule has 0 aromatic heterocycles. The predicted octanol–water partition coefficient (Wildman–Crippen LogP) is 4.33. The van der Waals surface area contributed by atoms with E-state index in [2.05, 4.69) is 22.0 Å². The van der Waals surface area contributed by atoms with Crippen LogP contribution in [0.5, 0.6) is 17.2 Å². The lowest BCUT2D eigenvalue weighted by atomic mass is 9.92. The Morgan fingerprint density at radius 2 is 1.79 bits per heavy atom. The van der Waals surface area contributed by atoms with Gasteiger partial charge in [-0.3, -0.25) is 0 Å². The Bertz CT molecular complexity index is 730. The summed E-state index contributed by atoms with van der Waals surface area (Å²) in [5, 5.41) is 0. The summed E-state index contributed by atoms with van der Waals surface area (Å²) in [6, 6.07) is 10.1. The Balaban J connectivity index is 1.95. The molecule has 0 unspecified atom stereocenters. The van der Waals surface area contributed by atoms with Crippen LogP contribution >= 0.6 is 15.9 Å². The van der Waals surface area contributed by atoms with Crippen molar-refractivity contribution in [3.05, 3.63) is 51.5 Å². The largest absolute Gasteiger partial charge is 0.497 e. The second kappa shape index (κ2) is 7.45. The quantitative estimate of drug-likeness (QED) is 0.758. The second-order valence-corrected chi connectivity index (χ2v) is 6.53. The van der Waals surface area contributed by atoms with Crippen LogP contribution in [-0.4, -0.2) is 27.9 Å². The van der Waals surface area contributed by atoms with Gasteiger partial charge in [0.1, 0.15) is 5.75 Å². The summed E-state index contributed by atoms with van der Waals surface area (Å²) in [6.07, 6.45) is 1.63. The van der Waals surface area contributed by atoms with Gasteiger partial charge in [-0.15, -0.1) is 0 Å². The van der Waals surface area contributed by atoms with Gasteiger partial charge in [-0.1, -0.05) is 15.9 Å². The van der Waals surface area contributed by atoms with E-state index in [0.717, 1.165) is 45.7 Å². The van der Waals surface area contributed by atoms with Crippen LogP contribution in [0.25, 0.3) is 0 Å². The van der Waals surface area contributed by atoms with Crippen molar-refractivity contribution in [3.8, 4) is 17.2 Å². The van der Waals surface area contributed by atoms with E-state index < -0.39 is 0 Å². The van der Waals surface area contributed by atoms with E-state index >= 15 is 0 Å². The molecule has 128 valence electrons. The Kier molecular flexibility index (Phi) is 5.31. The molecule has 0 spiro atoms. The van der Waals surface area contributed by atoms with Crippen molar-refractivity contribution >= 4 is 15.9 Å². The van der Waals surface area contributed by atoms with E-state index in [0.29, 0.717) is 6.61 Å². The zero-order valence-corrected chi connectivity index (χ0v) is 15.7. The van der Waals surface area contributed by atoms with E-state index in [1.54, 1.807) is 21.3 Å². The second-order valence-electron chi connectivity index (χ2n) is 5.68. The topological polar surface area (TPSA) is 36.9 Å². The summed E-state index contributed by atoms with van der Waals surface area (Å²) in [6.45, 7) is 0.703.